The van der Waals surface area contributed by atoms with Gasteiger partial charge in [0.2, 0.25) is 0 Å². The van der Waals surface area contributed by atoms with Crippen molar-refractivity contribution in [3.63, 3.8) is 0 Å². The van der Waals surface area contributed by atoms with Gasteiger partial charge in [0, 0.05) is 17.5 Å². The molecule has 1 fully saturated rings. The van der Waals surface area contributed by atoms with Crippen LogP contribution in [0.4, 0.5) is 0 Å². The highest BCUT2D eigenvalue weighted by Crippen LogP contribution is 2.33. The van der Waals surface area contributed by atoms with Crippen molar-refractivity contribution in [2.45, 2.75) is 70.8 Å². The summed E-state index contributed by atoms with van der Waals surface area (Å²) in [5.41, 5.74) is 2.34. The van der Waals surface area contributed by atoms with Gasteiger partial charge in [-0.2, -0.15) is 0 Å². The molecule has 208 valence electrons. The fraction of sp³-hybridized carbons (Fsp3) is 0.364. The number of carbonyl (C=O) groups is 2. The van der Waals surface area contributed by atoms with Gasteiger partial charge < -0.3 is 19.6 Å². The van der Waals surface area contributed by atoms with Crippen molar-refractivity contribution < 1.29 is 23.8 Å². The number of benzene rings is 2. The van der Waals surface area contributed by atoms with E-state index in [2.05, 4.69) is 38.2 Å². The predicted octanol–water partition coefficient (Wildman–Crippen LogP) is 7.08. The van der Waals surface area contributed by atoms with E-state index in [0.29, 0.717) is 17.4 Å². The van der Waals surface area contributed by atoms with Gasteiger partial charge in [0.15, 0.2) is 0 Å². The van der Waals surface area contributed by atoms with Gasteiger partial charge in [-0.1, -0.05) is 64.7 Å². The van der Waals surface area contributed by atoms with E-state index in [0.717, 1.165) is 41.5 Å². The Balaban J connectivity index is 1.43. The number of aromatic nitrogens is 1. The molecule has 2 heterocycles. The van der Waals surface area contributed by atoms with Crippen molar-refractivity contribution in [1.82, 2.24) is 10.3 Å². The summed E-state index contributed by atoms with van der Waals surface area (Å²) >= 11 is 0. The smallest absolute Gasteiger partial charge is 0.326 e. The third-order valence-corrected chi connectivity index (χ3v) is 7.62. The molecule has 1 atom stereocenters. The van der Waals surface area contributed by atoms with Crippen LogP contribution in [-0.2, 0) is 23.1 Å². The lowest BCUT2D eigenvalue weighted by atomic mass is 9.87. The predicted molar refractivity (Wildman–Crippen MR) is 154 cm³/mol. The van der Waals surface area contributed by atoms with Crippen LogP contribution in [0.1, 0.15) is 74.0 Å². The van der Waals surface area contributed by atoms with Crippen LogP contribution in [0.5, 0.6) is 11.5 Å². The Hall–Kier alpha value is -4.13. The van der Waals surface area contributed by atoms with Gasteiger partial charge in [-0.25, -0.2) is 9.78 Å². The highest BCUT2D eigenvalue weighted by molar-refractivity contribution is 5.99. The Morgan fingerprint density at radius 3 is 2.42 bits per heavy atom. The summed E-state index contributed by atoms with van der Waals surface area (Å²) in [5, 5.41) is 14.1. The first-order valence-corrected chi connectivity index (χ1v) is 13.9. The molecular formula is C33H36N2O5. The molecule has 0 aliphatic heterocycles. The lowest BCUT2D eigenvalue weighted by molar-refractivity contribution is -0.139. The number of rotatable bonds is 9. The number of fused-ring (bicyclic) bond motifs is 1. The largest absolute Gasteiger partial charge is 0.480 e. The quantitative estimate of drug-likeness (QED) is 0.235. The summed E-state index contributed by atoms with van der Waals surface area (Å²) in [4.78, 5) is 29.9. The van der Waals surface area contributed by atoms with Crippen LogP contribution in [0.2, 0.25) is 0 Å². The summed E-state index contributed by atoms with van der Waals surface area (Å²) in [7, 11) is 0. The molecule has 1 unspecified atom stereocenters. The standard InChI is InChI=1S/C33H36N2O5/c1-33(2,3)23-11-14-24(15-12-23)40-26-13-10-22-18-29(34-28(27(22)19-26)17-21-7-4-5-8-21)31(36)35-30(32(37)38)20-25-9-6-16-39-25/h6,9-16,18-19,21,30H,4-5,7-8,17,20H2,1-3H3,(H,35,36)(H,37,38). The minimum Gasteiger partial charge on any atom is -0.480 e. The van der Waals surface area contributed by atoms with E-state index in [1.807, 2.05) is 30.3 Å². The zero-order chi connectivity index (χ0) is 28.3. The molecule has 0 spiro atoms. The van der Waals surface area contributed by atoms with Crippen molar-refractivity contribution in [2.24, 2.45) is 5.92 Å². The average molecular weight is 541 g/mol. The third kappa shape index (κ3) is 6.53. The van der Waals surface area contributed by atoms with Gasteiger partial charge >= 0.3 is 5.97 Å². The first-order chi connectivity index (χ1) is 19.2. The number of carbonyl (C=O) groups excluding carboxylic acids is 1. The summed E-state index contributed by atoms with van der Waals surface area (Å²) in [5.74, 6) is 0.801. The molecule has 4 aromatic rings. The number of carboxylic acids is 1. The summed E-state index contributed by atoms with van der Waals surface area (Å²) in [6.45, 7) is 6.54. The van der Waals surface area contributed by atoms with Gasteiger partial charge in [0.1, 0.15) is 29.0 Å². The van der Waals surface area contributed by atoms with Crippen molar-refractivity contribution >= 4 is 22.6 Å². The molecule has 2 N–H and O–H groups in total. The molecule has 2 aromatic heterocycles. The van der Waals surface area contributed by atoms with E-state index < -0.39 is 17.9 Å². The van der Waals surface area contributed by atoms with Crippen molar-refractivity contribution in [2.75, 3.05) is 0 Å². The molecular weight excluding hydrogens is 504 g/mol. The minimum atomic E-state index is -1.13. The maximum absolute atomic E-state index is 13.2. The van der Waals surface area contributed by atoms with Crippen LogP contribution < -0.4 is 10.1 Å². The van der Waals surface area contributed by atoms with Crippen LogP contribution in [0.3, 0.4) is 0 Å². The molecule has 5 rings (SSSR count). The van der Waals surface area contributed by atoms with Gasteiger partial charge in [-0.3, -0.25) is 4.79 Å². The summed E-state index contributed by atoms with van der Waals surface area (Å²) < 4.78 is 11.5. The number of hydrogen-bond donors (Lipinski definition) is 2. The Labute approximate surface area is 234 Å². The van der Waals surface area contributed by atoms with E-state index in [9.17, 15) is 14.7 Å². The Morgan fingerprint density at radius 2 is 1.77 bits per heavy atom. The number of nitrogens with zero attached hydrogens (tertiary/aromatic N) is 1. The van der Waals surface area contributed by atoms with Crippen LogP contribution >= 0.6 is 0 Å². The van der Waals surface area contributed by atoms with Gasteiger partial charge in [-0.15, -0.1) is 0 Å². The van der Waals surface area contributed by atoms with Crippen LogP contribution in [0.25, 0.3) is 10.8 Å². The Bertz CT molecular complexity index is 1480. The molecule has 2 aromatic carbocycles. The van der Waals surface area contributed by atoms with E-state index in [1.54, 1.807) is 18.2 Å². The molecule has 0 radical (unpaired) electrons. The highest BCUT2D eigenvalue weighted by atomic mass is 16.5. The molecule has 1 aliphatic carbocycles. The number of furan rings is 1. The Kier molecular flexibility index (Phi) is 7.92. The van der Waals surface area contributed by atoms with E-state index in [1.165, 1.54) is 24.7 Å². The van der Waals surface area contributed by atoms with Gasteiger partial charge in [0.05, 0.1) is 6.26 Å². The second kappa shape index (κ2) is 11.5. The zero-order valence-corrected chi connectivity index (χ0v) is 23.3. The van der Waals surface area contributed by atoms with Crippen LogP contribution in [-0.4, -0.2) is 28.0 Å². The fourth-order valence-electron chi connectivity index (χ4n) is 5.34. The maximum atomic E-state index is 13.2. The van der Waals surface area contributed by atoms with Gasteiger partial charge in [0.25, 0.3) is 5.91 Å². The van der Waals surface area contributed by atoms with Gasteiger partial charge in [-0.05, 0) is 71.2 Å². The monoisotopic (exact) mass is 540 g/mol. The molecule has 1 amide bonds. The van der Waals surface area contributed by atoms with Crippen LogP contribution in [0, 0.1) is 5.92 Å². The normalized spacial score (nSPS) is 14.8. The number of aliphatic carboxylic acids is 1. The molecule has 0 bridgehead atoms. The topological polar surface area (TPSA) is 102 Å². The second-order valence-corrected chi connectivity index (χ2v) is 11.7. The SMILES string of the molecule is CC(C)(C)c1ccc(Oc2ccc3cc(C(=O)NC(Cc4ccco4)C(=O)O)nc(CC4CCCC4)c3c2)cc1. The first-order valence-electron chi connectivity index (χ1n) is 13.9. The number of hydrogen-bond acceptors (Lipinski definition) is 5. The zero-order valence-electron chi connectivity index (χ0n) is 23.3. The van der Waals surface area contributed by atoms with E-state index >= 15 is 0 Å². The highest BCUT2D eigenvalue weighted by Gasteiger charge is 2.25. The maximum Gasteiger partial charge on any atom is 0.326 e. The molecule has 40 heavy (non-hydrogen) atoms. The lowest BCUT2D eigenvalue weighted by Crippen LogP contribution is -2.42. The summed E-state index contributed by atoms with van der Waals surface area (Å²) in [6.07, 6.45) is 6.98. The molecule has 7 heteroatoms. The average Bonchev–Trinajstić information content (AvgIpc) is 3.63. The van der Waals surface area contributed by atoms with E-state index in [4.69, 9.17) is 14.1 Å². The van der Waals surface area contributed by atoms with Crippen molar-refractivity contribution in [1.29, 1.82) is 0 Å². The molecule has 7 nitrogen and oxygen atoms in total. The molecule has 1 saturated carbocycles. The third-order valence-electron chi connectivity index (χ3n) is 7.62. The summed E-state index contributed by atoms with van der Waals surface area (Å²) in [6, 6.07) is 17.9. The second-order valence-electron chi connectivity index (χ2n) is 11.7. The van der Waals surface area contributed by atoms with Crippen molar-refractivity contribution in [3.05, 3.63) is 89.6 Å². The number of ether oxygens (including phenoxy) is 1. The number of nitrogens with one attached hydrogen (secondary N) is 1. The number of amides is 1. The Morgan fingerprint density at radius 1 is 1.05 bits per heavy atom. The minimum absolute atomic E-state index is 0.0496. The first kappa shape index (κ1) is 27.4. The number of carboxylic acid groups (broad SMARTS) is 1. The molecule has 1 aliphatic rings. The lowest BCUT2D eigenvalue weighted by Gasteiger charge is -2.19. The van der Waals surface area contributed by atoms with E-state index in [-0.39, 0.29) is 17.5 Å². The van der Waals surface area contributed by atoms with Crippen LogP contribution in [0.15, 0.2) is 71.3 Å². The molecule has 0 saturated heterocycles. The number of pyridine rings is 1. The van der Waals surface area contributed by atoms with Crippen molar-refractivity contribution in [3.8, 4) is 11.5 Å². The fourth-order valence-corrected chi connectivity index (χ4v) is 5.34.